The van der Waals surface area contributed by atoms with Gasteiger partial charge in [-0.15, -0.1) is 0 Å². The SMILES string of the molecule is CC(=O)N1CCC[C@H](Cc2ccc(Cl)nc2)CC1. The number of rotatable bonds is 2. The van der Waals surface area contributed by atoms with E-state index in [4.69, 9.17) is 11.6 Å². The molecular weight excluding hydrogens is 248 g/mol. The number of amides is 1. The summed E-state index contributed by atoms with van der Waals surface area (Å²) >= 11 is 5.78. The van der Waals surface area contributed by atoms with Gasteiger partial charge in [-0.3, -0.25) is 4.79 Å². The normalized spacial score (nSPS) is 20.6. The van der Waals surface area contributed by atoms with Crippen LogP contribution in [-0.2, 0) is 11.2 Å². The standard InChI is InChI=1S/C14H19ClN2O/c1-11(18)17-7-2-3-12(6-8-17)9-13-4-5-14(15)16-10-13/h4-5,10,12H,2-3,6-9H2,1H3/t12-/m0/s1. The van der Waals surface area contributed by atoms with Crippen molar-refractivity contribution in [1.82, 2.24) is 9.88 Å². The van der Waals surface area contributed by atoms with Crippen LogP contribution in [0.4, 0.5) is 0 Å². The van der Waals surface area contributed by atoms with Crippen molar-refractivity contribution < 1.29 is 4.79 Å². The highest BCUT2D eigenvalue weighted by Gasteiger charge is 2.18. The van der Waals surface area contributed by atoms with Gasteiger partial charge in [-0.25, -0.2) is 4.98 Å². The van der Waals surface area contributed by atoms with Gasteiger partial charge in [-0.2, -0.15) is 0 Å². The minimum Gasteiger partial charge on any atom is -0.343 e. The summed E-state index contributed by atoms with van der Waals surface area (Å²) in [5.41, 5.74) is 1.24. The van der Waals surface area contributed by atoms with E-state index in [1.165, 1.54) is 12.0 Å². The number of carbonyl (C=O) groups excluding carboxylic acids is 1. The van der Waals surface area contributed by atoms with Crippen molar-refractivity contribution >= 4 is 17.5 Å². The van der Waals surface area contributed by atoms with Gasteiger partial charge in [-0.05, 0) is 43.2 Å². The minimum atomic E-state index is 0.198. The number of hydrogen-bond acceptors (Lipinski definition) is 2. The molecule has 1 saturated heterocycles. The Morgan fingerprint density at radius 1 is 1.44 bits per heavy atom. The van der Waals surface area contributed by atoms with E-state index in [0.29, 0.717) is 11.1 Å². The van der Waals surface area contributed by atoms with Gasteiger partial charge in [0.1, 0.15) is 5.15 Å². The van der Waals surface area contributed by atoms with Gasteiger partial charge in [0.15, 0.2) is 0 Å². The Hall–Kier alpha value is -1.09. The fourth-order valence-electron chi connectivity index (χ4n) is 2.54. The van der Waals surface area contributed by atoms with Crippen LogP contribution >= 0.6 is 11.6 Å². The van der Waals surface area contributed by atoms with Crippen LogP contribution in [0.2, 0.25) is 5.15 Å². The summed E-state index contributed by atoms with van der Waals surface area (Å²) in [6.07, 6.45) is 6.27. The molecule has 0 bridgehead atoms. The lowest BCUT2D eigenvalue weighted by molar-refractivity contribution is -0.128. The van der Waals surface area contributed by atoms with E-state index in [9.17, 15) is 4.79 Å². The zero-order valence-electron chi connectivity index (χ0n) is 10.7. The first-order chi connectivity index (χ1) is 8.65. The average Bonchev–Trinajstić information content (AvgIpc) is 2.58. The van der Waals surface area contributed by atoms with Gasteiger partial charge in [0.05, 0.1) is 0 Å². The van der Waals surface area contributed by atoms with Crippen LogP contribution in [0.25, 0.3) is 0 Å². The van der Waals surface area contributed by atoms with Gasteiger partial charge in [0.25, 0.3) is 0 Å². The molecule has 0 aromatic carbocycles. The Morgan fingerprint density at radius 3 is 2.94 bits per heavy atom. The Labute approximate surface area is 113 Å². The quantitative estimate of drug-likeness (QED) is 0.771. The van der Waals surface area contributed by atoms with E-state index in [-0.39, 0.29) is 5.91 Å². The molecule has 0 unspecified atom stereocenters. The third-order valence-electron chi connectivity index (χ3n) is 3.61. The lowest BCUT2D eigenvalue weighted by Crippen LogP contribution is -2.29. The molecule has 1 aromatic rings. The number of halogens is 1. The summed E-state index contributed by atoms with van der Waals surface area (Å²) in [4.78, 5) is 17.4. The van der Waals surface area contributed by atoms with Crippen molar-refractivity contribution in [1.29, 1.82) is 0 Å². The smallest absolute Gasteiger partial charge is 0.219 e. The predicted octanol–water partition coefficient (Wildman–Crippen LogP) is 2.93. The molecule has 3 nitrogen and oxygen atoms in total. The van der Waals surface area contributed by atoms with Crippen LogP contribution in [0.3, 0.4) is 0 Å². The molecule has 1 amide bonds. The third-order valence-corrected chi connectivity index (χ3v) is 3.83. The molecule has 4 heteroatoms. The Kier molecular flexibility index (Phi) is 4.59. The van der Waals surface area contributed by atoms with Crippen molar-refractivity contribution in [2.75, 3.05) is 13.1 Å². The van der Waals surface area contributed by atoms with E-state index in [1.54, 1.807) is 6.92 Å². The summed E-state index contributed by atoms with van der Waals surface area (Å²) in [7, 11) is 0. The first-order valence-electron chi connectivity index (χ1n) is 6.51. The molecule has 0 spiro atoms. The zero-order valence-corrected chi connectivity index (χ0v) is 11.5. The van der Waals surface area contributed by atoms with E-state index in [0.717, 1.165) is 32.4 Å². The monoisotopic (exact) mass is 266 g/mol. The van der Waals surface area contributed by atoms with Crippen LogP contribution in [0, 0.1) is 5.92 Å². The minimum absolute atomic E-state index is 0.198. The number of nitrogens with zero attached hydrogens (tertiary/aromatic N) is 2. The first-order valence-corrected chi connectivity index (χ1v) is 6.89. The fraction of sp³-hybridized carbons (Fsp3) is 0.571. The van der Waals surface area contributed by atoms with Gasteiger partial charge in [-0.1, -0.05) is 17.7 Å². The maximum absolute atomic E-state index is 11.4. The number of carbonyl (C=O) groups is 1. The summed E-state index contributed by atoms with van der Waals surface area (Å²) in [5, 5.41) is 0.544. The second-order valence-corrected chi connectivity index (χ2v) is 5.38. The van der Waals surface area contributed by atoms with Crippen LogP contribution in [0.5, 0.6) is 0 Å². The summed E-state index contributed by atoms with van der Waals surface area (Å²) < 4.78 is 0. The van der Waals surface area contributed by atoms with Crippen molar-refractivity contribution in [3.8, 4) is 0 Å². The highest BCUT2D eigenvalue weighted by molar-refractivity contribution is 6.29. The molecule has 2 rings (SSSR count). The number of likely N-dealkylation sites (tertiary alicyclic amines) is 1. The lowest BCUT2D eigenvalue weighted by Gasteiger charge is -2.18. The molecule has 1 aliphatic heterocycles. The fourth-order valence-corrected chi connectivity index (χ4v) is 2.66. The van der Waals surface area contributed by atoms with E-state index in [1.807, 2.05) is 23.2 Å². The van der Waals surface area contributed by atoms with E-state index in [2.05, 4.69) is 4.98 Å². The number of pyridine rings is 1. The van der Waals surface area contributed by atoms with Crippen LogP contribution in [0.1, 0.15) is 31.7 Å². The van der Waals surface area contributed by atoms with Crippen molar-refractivity contribution in [3.05, 3.63) is 29.0 Å². The average molecular weight is 267 g/mol. The van der Waals surface area contributed by atoms with E-state index < -0.39 is 0 Å². The molecule has 18 heavy (non-hydrogen) atoms. The first kappa shape index (κ1) is 13.3. The van der Waals surface area contributed by atoms with Crippen molar-refractivity contribution in [2.24, 2.45) is 5.92 Å². The molecule has 1 atom stereocenters. The third kappa shape index (κ3) is 3.70. The summed E-state index contributed by atoms with van der Waals surface area (Å²) in [6, 6.07) is 3.89. The lowest BCUT2D eigenvalue weighted by atomic mass is 9.93. The second kappa shape index (κ2) is 6.19. The molecule has 0 N–H and O–H groups in total. The largest absolute Gasteiger partial charge is 0.343 e. The zero-order chi connectivity index (χ0) is 13.0. The Balaban J connectivity index is 1.90. The van der Waals surface area contributed by atoms with Gasteiger partial charge in [0.2, 0.25) is 5.91 Å². The molecule has 1 aromatic heterocycles. The molecule has 0 saturated carbocycles. The molecule has 0 radical (unpaired) electrons. The molecular formula is C14H19ClN2O. The molecule has 1 fully saturated rings. The molecule has 0 aliphatic carbocycles. The predicted molar refractivity (Wildman–Crippen MR) is 72.5 cm³/mol. The maximum atomic E-state index is 11.4. The van der Waals surface area contributed by atoms with Crippen molar-refractivity contribution in [3.63, 3.8) is 0 Å². The highest BCUT2D eigenvalue weighted by atomic mass is 35.5. The van der Waals surface area contributed by atoms with Crippen molar-refractivity contribution in [2.45, 2.75) is 32.6 Å². The molecule has 1 aliphatic rings. The van der Waals surface area contributed by atoms with Gasteiger partial charge >= 0.3 is 0 Å². The summed E-state index contributed by atoms with van der Waals surface area (Å²) in [5.74, 6) is 0.848. The Morgan fingerprint density at radius 2 is 2.28 bits per heavy atom. The topological polar surface area (TPSA) is 33.2 Å². The second-order valence-electron chi connectivity index (χ2n) is 5.00. The van der Waals surface area contributed by atoms with Crippen LogP contribution < -0.4 is 0 Å². The number of hydrogen-bond donors (Lipinski definition) is 0. The highest BCUT2D eigenvalue weighted by Crippen LogP contribution is 2.22. The number of aromatic nitrogens is 1. The molecule has 2 heterocycles. The Bertz CT molecular complexity index is 405. The van der Waals surface area contributed by atoms with Gasteiger partial charge < -0.3 is 4.90 Å². The summed E-state index contributed by atoms with van der Waals surface area (Å²) in [6.45, 7) is 3.45. The van der Waals surface area contributed by atoms with Gasteiger partial charge in [0, 0.05) is 26.2 Å². The van der Waals surface area contributed by atoms with Crippen LogP contribution in [0.15, 0.2) is 18.3 Å². The van der Waals surface area contributed by atoms with Crippen LogP contribution in [-0.4, -0.2) is 28.9 Å². The maximum Gasteiger partial charge on any atom is 0.219 e. The van der Waals surface area contributed by atoms with E-state index >= 15 is 0 Å². The molecule has 98 valence electrons.